The van der Waals surface area contributed by atoms with Crippen molar-refractivity contribution in [2.45, 2.75) is 19.0 Å². The molecule has 0 bridgehead atoms. The molecule has 28 heavy (non-hydrogen) atoms. The normalized spacial score (nSPS) is 16.6. The van der Waals surface area contributed by atoms with Crippen LogP contribution in [0, 0.1) is 11.3 Å². The number of nitrogens with two attached hydrogens (primary N) is 1. The van der Waals surface area contributed by atoms with Gasteiger partial charge in [0.2, 0.25) is 5.95 Å². The van der Waals surface area contributed by atoms with Crippen LogP contribution in [0.1, 0.15) is 17.5 Å². The summed E-state index contributed by atoms with van der Waals surface area (Å²) >= 11 is 0. The van der Waals surface area contributed by atoms with Gasteiger partial charge in [0, 0.05) is 33.2 Å². The van der Waals surface area contributed by atoms with Crippen LogP contribution in [0.15, 0.2) is 33.9 Å². The van der Waals surface area contributed by atoms with Crippen molar-refractivity contribution in [3.8, 4) is 6.07 Å². The topological polar surface area (TPSA) is 115 Å². The Morgan fingerprint density at radius 2 is 2.00 bits per heavy atom. The van der Waals surface area contributed by atoms with Gasteiger partial charge in [-0.2, -0.15) is 10.2 Å². The average molecular weight is 379 g/mol. The van der Waals surface area contributed by atoms with Crippen molar-refractivity contribution in [2.24, 2.45) is 19.8 Å². The Labute approximate surface area is 160 Å². The van der Waals surface area contributed by atoms with E-state index in [1.807, 2.05) is 17.0 Å². The second kappa shape index (κ2) is 6.65. The molecule has 1 saturated heterocycles. The minimum Gasteiger partial charge on any atom is -0.341 e. The Bertz CT molecular complexity index is 1230. The Balaban J connectivity index is 2.00. The summed E-state index contributed by atoms with van der Waals surface area (Å²) < 4.78 is 4.25. The molecule has 0 aliphatic carbocycles. The van der Waals surface area contributed by atoms with E-state index in [0.29, 0.717) is 35.8 Å². The molecule has 0 amide bonds. The third kappa shape index (κ3) is 2.70. The highest BCUT2D eigenvalue weighted by Gasteiger charge is 2.27. The Hall–Kier alpha value is -3.38. The smallest absolute Gasteiger partial charge is 0.332 e. The standard InChI is InChI=1S/C19H21N7O2/c1-23-16-15(17(27)24(2)19(23)28)26(10-13-6-4-3-5-12(13)9-20)18(22-16)25-8-7-14(21)11-25/h3-6,14H,7-8,10-11,21H2,1-2H3/t14-/m1/s1. The van der Waals surface area contributed by atoms with Gasteiger partial charge in [-0.3, -0.25) is 18.5 Å². The van der Waals surface area contributed by atoms with E-state index < -0.39 is 11.2 Å². The number of benzene rings is 1. The predicted octanol–water partition coefficient (Wildman–Crippen LogP) is -0.109. The largest absolute Gasteiger partial charge is 0.341 e. The van der Waals surface area contributed by atoms with Crippen LogP contribution < -0.4 is 21.9 Å². The van der Waals surface area contributed by atoms with Crippen molar-refractivity contribution in [1.82, 2.24) is 18.7 Å². The molecular weight excluding hydrogens is 358 g/mol. The number of aromatic nitrogens is 4. The maximum absolute atomic E-state index is 12.9. The molecule has 9 heteroatoms. The lowest BCUT2D eigenvalue weighted by molar-refractivity contribution is 0.701. The number of rotatable bonds is 3. The summed E-state index contributed by atoms with van der Waals surface area (Å²) in [6, 6.07) is 9.49. The molecule has 1 aliphatic rings. The van der Waals surface area contributed by atoms with Crippen LogP contribution in [-0.2, 0) is 20.6 Å². The number of hydrogen-bond donors (Lipinski definition) is 1. The zero-order valence-corrected chi connectivity index (χ0v) is 15.8. The van der Waals surface area contributed by atoms with Crippen LogP contribution in [-0.4, -0.2) is 37.8 Å². The van der Waals surface area contributed by atoms with Gasteiger partial charge in [0.05, 0.1) is 18.2 Å². The van der Waals surface area contributed by atoms with E-state index in [9.17, 15) is 14.9 Å². The Morgan fingerprint density at radius 3 is 2.68 bits per heavy atom. The van der Waals surface area contributed by atoms with Gasteiger partial charge in [-0.25, -0.2) is 4.79 Å². The molecule has 1 atom stereocenters. The summed E-state index contributed by atoms with van der Waals surface area (Å²) in [4.78, 5) is 32.0. The molecule has 144 valence electrons. The number of fused-ring (bicyclic) bond motifs is 1. The maximum atomic E-state index is 12.9. The van der Waals surface area contributed by atoms with Gasteiger partial charge in [0.25, 0.3) is 5.56 Å². The molecule has 1 aliphatic heterocycles. The van der Waals surface area contributed by atoms with Gasteiger partial charge in [-0.15, -0.1) is 0 Å². The Kier molecular flexibility index (Phi) is 4.28. The van der Waals surface area contributed by atoms with Gasteiger partial charge in [-0.1, -0.05) is 18.2 Å². The number of imidazole rings is 1. The van der Waals surface area contributed by atoms with Gasteiger partial charge in [0.1, 0.15) is 0 Å². The number of hydrogen-bond acceptors (Lipinski definition) is 6. The molecule has 3 heterocycles. The van der Waals surface area contributed by atoms with Crippen molar-refractivity contribution >= 4 is 17.1 Å². The average Bonchev–Trinajstić information content (AvgIpc) is 3.29. The molecule has 2 aromatic heterocycles. The van der Waals surface area contributed by atoms with Crippen LogP contribution in [0.2, 0.25) is 0 Å². The van der Waals surface area contributed by atoms with Crippen LogP contribution in [0.25, 0.3) is 11.2 Å². The van der Waals surface area contributed by atoms with E-state index in [0.717, 1.165) is 23.1 Å². The number of aryl methyl sites for hydroxylation is 1. The van der Waals surface area contributed by atoms with Gasteiger partial charge in [0.15, 0.2) is 11.2 Å². The predicted molar refractivity (Wildman–Crippen MR) is 105 cm³/mol. The SMILES string of the molecule is Cn1c(=O)c2c(nc(N3CC[C@@H](N)C3)n2Cc2ccccc2C#N)n(C)c1=O. The zero-order chi connectivity index (χ0) is 20.0. The first-order valence-corrected chi connectivity index (χ1v) is 9.07. The van der Waals surface area contributed by atoms with E-state index in [1.54, 1.807) is 23.7 Å². The van der Waals surface area contributed by atoms with Crippen molar-refractivity contribution in [3.63, 3.8) is 0 Å². The summed E-state index contributed by atoms with van der Waals surface area (Å²) in [5.41, 5.74) is 7.23. The van der Waals surface area contributed by atoms with E-state index in [2.05, 4.69) is 11.1 Å². The van der Waals surface area contributed by atoms with E-state index in [1.165, 1.54) is 11.6 Å². The fourth-order valence-electron chi connectivity index (χ4n) is 3.73. The number of anilines is 1. The molecule has 0 unspecified atom stereocenters. The number of nitrogens with zero attached hydrogens (tertiary/aromatic N) is 6. The lowest BCUT2D eigenvalue weighted by Crippen LogP contribution is -2.37. The maximum Gasteiger partial charge on any atom is 0.332 e. The summed E-state index contributed by atoms with van der Waals surface area (Å²) in [5, 5.41) is 9.44. The summed E-state index contributed by atoms with van der Waals surface area (Å²) in [6.07, 6.45) is 0.828. The molecule has 0 radical (unpaired) electrons. The van der Waals surface area contributed by atoms with Gasteiger partial charge >= 0.3 is 5.69 Å². The lowest BCUT2D eigenvalue weighted by Gasteiger charge is -2.19. The highest BCUT2D eigenvalue weighted by molar-refractivity contribution is 5.75. The molecule has 0 saturated carbocycles. The van der Waals surface area contributed by atoms with Crippen molar-refractivity contribution in [2.75, 3.05) is 18.0 Å². The summed E-state index contributed by atoms with van der Waals surface area (Å²) in [7, 11) is 3.06. The highest BCUT2D eigenvalue weighted by Crippen LogP contribution is 2.25. The van der Waals surface area contributed by atoms with Crippen LogP contribution in [0.4, 0.5) is 5.95 Å². The lowest BCUT2D eigenvalue weighted by atomic mass is 10.1. The molecule has 4 rings (SSSR count). The molecular formula is C19H21N7O2. The van der Waals surface area contributed by atoms with Gasteiger partial charge in [-0.05, 0) is 18.1 Å². The third-order valence-electron chi connectivity index (χ3n) is 5.30. The van der Waals surface area contributed by atoms with Crippen LogP contribution >= 0.6 is 0 Å². The van der Waals surface area contributed by atoms with E-state index in [-0.39, 0.29) is 6.04 Å². The fraction of sp³-hybridized carbons (Fsp3) is 0.368. The zero-order valence-electron chi connectivity index (χ0n) is 15.8. The van der Waals surface area contributed by atoms with Crippen LogP contribution in [0.3, 0.4) is 0 Å². The third-order valence-corrected chi connectivity index (χ3v) is 5.30. The summed E-state index contributed by atoms with van der Waals surface area (Å²) in [5.74, 6) is 0.592. The van der Waals surface area contributed by atoms with Crippen molar-refractivity contribution in [3.05, 3.63) is 56.2 Å². The summed E-state index contributed by atoms with van der Waals surface area (Å²) in [6.45, 7) is 1.64. The molecule has 2 N–H and O–H groups in total. The van der Waals surface area contributed by atoms with Crippen molar-refractivity contribution in [1.29, 1.82) is 5.26 Å². The molecule has 3 aromatic rings. The van der Waals surface area contributed by atoms with Crippen molar-refractivity contribution < 1.29 is 0 Å². The Morgan fingerprint density at radius 1 is 1.25 bits per heavy atom. The van der Waals surface area contributed by atoms with E-state index >= 15 is 0 Å². The van der Waals surface area contributed by atoms with E-state index in [4.69, 9.17) is 5.73 Å². The molecule has 1 aromatic carbocycles. The fourth-order valence-corrected chi connectivity index (χ4v) is 3.73. The minimum absolute atomic E-state index is 0.0336. The number of nitriles is 1. The second-order valence-electron chi connectivity index (χ2n) is 7.14. The second-order valence-corrected chi connectivity index (χ2v) is 7.14. The first-order valence-electron chi connectivity index (χ1n) is 9.07. The van der Waals surface area contributed by atoms with Gasteiger partial charge < -0.3 is 10.6 Å². The molecule has 0 spiro atoms. The molecule has 1 fully saturated rings. The monoisotopic (exact) mass is 379 g/mol. The van der Waals surface area contributed by atoms with Crippen LogP contribution in [0.5, 0.6) is 0 Å². The minimum atomic E-state index is -0.427. The highest BCUT2D eigenvalue weighted by atomic mass is 16.2. The molecule has 9 nitrogen and oxygen atoms in total. The first-order chi connectivity index (χ1) is 13.4. The first kappa shape index (κ1) is 18.0. The quantitative estimate of drug-likeness (QED) is 0.679.